The Labute approximate surface area is 85.6 Å². The number of rotatable bonds is 5. The second kappa shape index (κ2) is 5.14. The summed E-state index contributed by atoms with van der Waals surface area (Å²) in [5, 5.41) is 10.5. The van der Waals surface area contributed by atoms with Gasteiger partial charge in [0.05, 0.1) is 18.1 Å². The van der Waals surface area contributed by atoms with Crippen LogP contribution in [0.25, 0.3) is 0 Å². The van der Waals surface area contributed by atoms with Crippen LogP contribution in [0.5, 0.6) is 11.5 Å². The topological polar surface area (TPSA) is 61.6 Å². The summed E-state index contributed by atoms with van der Waals surface area (Å²) in [5.41, 5.74) is -0.121. The number of nitrogens with zero attached hydrogens (tertiary/aromatic N) is 1. The van der Waals surface area contributed by atoms with Gasteiger partial charge in [-0.1, -0.05) is 0 Å². The van der Waals surface area contributed by atoms with Gasteiger partial charge < -0.3 is 9.47 Å². The fourth-order valence-electron chi connectivity index (χ4n) is 1.04. The molecule has 0 heterocycles. The van der Waals surface area contributed by atoms with Crippen molar-refractivity contribution in [3.05, 3.63) is 28.3 Å². The van der Waals surface area contributed by atoms with Crippen molar-refractivity contribution in [2.45, 2.75) is 0 Å². The van der Waals surface area contributed by atoms with Crippen molar-refractivity contribution in [3.8, 4) is 11.5 Å². The monoisotopic (exact) mass is 215 g/mol. The van der Waals surface area contributed by atoms with Gasteiger partial charge >= 0.3 is 0 Å². The number of alkyl halides is 1. The predicted molar refractivity (Wildman–Crippen MR) is 51.1 cm³/mol. The third-order valence-electron chi connectivity index (χ3n) is 1.69. The van der Waals surface area contributed by atoms with Crippen LogP contribution in [0, 0.1) is 10.1 Å². The summed E-state index contributed by atoms with van der Waals surface area (Å²) in [6.45, 7) is -0.816. The van der Waals surface area contributed by atoms with Crippen molar-refractivity contribution in [2.75, 3.05) is 20.4 Å². The highest BCUT2D eigenvalue weighted by molar-refractivity contribution is 5.48. The van der Waals surface area contributed by atoms with E-state index < -0.39 is 11.6 Å². The van der Waals surface area contributed by atoms with Crippen molar-refractivity contribution < 1.29 is 18.8 Å². The van der Waals surface area contributed by atoms with Crippen LogP contribution in [0.4, 0.5) is 10.1 Å². The number of hydrogen-bond donors (Lipinski definition) is 0. The number of non-ortho nitro benzene ring substituents is 1. The third-order valence-corrected chi connectivity index (χ3v) is 1.69. The van der Waals surface area contributed by atoms with Gasteiger partial charge in [-0.3, -0.25) is 10.1 Å². The summed E-state index contributed by atoms with van der Waals surface area (Å²) >= 11 is 0. The first-order valence-electron chi connectivity index (χ1n) is 4.20. The van der Waals surface area contributed by atoms with Crippen molar-refractivity contribution in [3.63, 3.8) is 0 Å². The predicted octanol–water partition coefficient (Wildman–Crippen LogP) is 1.95. The molecule has 15 heavy (non-hydrogen) atoms. The molecule has 0 saturated carbocycles. The number of halogens is 1. The maximum Gasteiger partial charge on any atom is 0.273 e. The Balaban J connectivity index is 2.96. The lowest BCUT2D eigenvalue weighted by Gasteiger charge is -2.08. The zero-order valence-corrected chi connectivity index (χ0v) is 8.10. The fourth-order valence-corrected chi connectivity index (χ4v) is 1.04. The molecule has 0 aromatic heterocycles. The maximum atomic E-state index is 11.9. The number of hydrogen-bond acceptors (Lipinski definition) is 4. The first kappa shape index (κ1) is 11.2. The molecule has 0 spiro atoms. The fraction of sp³-hybridized carbons (Fsp3) is 0.333. The van der Waals surface area contributed by atoms with Crippen LogP contribution < -0.4 is 9.47 Å². The van der Waals surface area contributed by atoms with E-state index in [2.05, 4.69) is 0 Å². The quantitative estimate of drug-likeness (QED) is 0.556. The van der Waals surface area contributed by atoms with E-state index in [1.807, 2.05) is 0 Å². The lowest BCUT2D eigenvalue weighted by Crippen LogP contribution is -2.01. The molecule has 0 aliphatic rings. The molecule has 0 aliphatic carbocycles. The van der Waals surface area contributed by atoms with Crippen LogP contribution in [0.1, 0.15) is 0 Å². The summed E-state index contributed by atoms with van der Waals surface area (Å²) in [6.07, 6.45) is 0. The van der Waals surface area contributed by atoms with E-state index in [1.54, 1.807) is 0 Å². The molecular weight excluding hydrogens is 205 g/mol. The van der Waals surface area contributed by atoms with E-state index in [0.29, 0.717) is 5.75 Å². The van der Waals surface area contributed by atoms with Crippen LogP contribution in [-0.2, 0) is 0 Å². The molecule has 0 atom stereocenters. The lowest BCUT2D eigenvalue weighted by atomic mass is 10.3. The van der Waals surface area contributed by atoms with Crippen molar-refractivity contribution in [2.24, 2.45) is 0 Å². The van der Waals surface area contributed by atoms with E-state index >= 15 is 0 Å². The van der Waals surface area contributed by atoms with Crippen molar-refractivity contribution >= 4 is 5.69 Å². The molecule has 0 N–H and O–H groups in total. The number of methoxy groups -OCH3 is 1. The molecule has 1 aromatic carbocycles. The Bertz CT molecular complexity index is 356. The van der Waals surface area contributed by atoms with Crippen molar-refractivity contribution in [1.82, 2.24) is 0 Å². The first-order chi connectivity index (χ1) is 7.19. The van der Waals surface area contributed by atoms with Crippen LogP contribution in [0.15, 0.2) is 18.2 Å². The van der Waals surface area contributed by atoms with Gasteiger partial charge in [0.25, 0.3) is 5.69 Å². The van der Waals surface area contributed by atoms with Gasteiger partial charge in [0, 0.05) is 6.07 Å². The van der Waals surface area contributed by atoms with E-state index in [-0.39, 0.29) is 18.0 Å². The molecule has 1 rings (SSSR count). The highest BCUT2D eigenvalue weighted by Crippen LogP contribution is 2.30. The van der Waals surface area contributed by atoms with Crippen LogP contribution in [0.3, 0.4) is 0 Å². The van der Waals surface area contributed by atoms with Gasteiger partial charge in [0.2, 0.25) is 0 Å². The number of nitro benzene ring substituents is 1. The van der Waals surface area contributed by atoms with Gasteiger partial charge in [-0.15, -0.1) is 0 Å². The number of ether oxygens (including phenoxy) is 2. The Morgan fingerprint density at radius 1 is 1.47 bits per heavy atom. The zero-order chi connectivity index (χ0) is 11.3. The van der Waals surface area contributed by atoms with Gasteiger partial charge in [0.15, 0.2) is 11.5 Å². The SMILES string of the molecule is COc1ccc([N+](=O)[O-])cc1OCCF. The summed E-state index contributed by atoms with van der Waals surface area (Å²) in [6, 6.07) is 3.90. The highest BCUT2D eigenvalue weighted by atomic mass is 19.1. The Morgan fingerprint density at radius 3 is 2.73 bits per heavy atom. The average molecular weight is 215 g/mol. The summed E-state index contributed by atoms with van der Waals surface area (Å²) in [7, 11) is 1.41. The molecule has 0 amide bonds. The van der Waals surface area contributed by atoms with E-state index in [9.17, 15) is 14.5 Å². The standard InChI is InChI=1S/C9H10FNO4/c1-14-8-3-2-7(11(12)13)6-9(8)15-5-4-10/h2-3,6H,4-5H2,1H3. The molecular formula is C9H10FNO4. The lowest BCUT2D eigenvalue weighted by molar-refractivity contribution is -0.385. The van der Waals surface area contributed by atoms with Gasteiger partial charge in [-0.2, -0.15) is 0 Å². The largest absolute Gasteiger partial charge is 0.493 e. The van der Waals surface area contributed by atoms with Crippen LogP contribution >= 0.6 is 0 Å². The second-order valence-corrected chi connectivity index (χ2v) is 2.63. The van der Waals surface area contributed by atoms with E-state index in [1.165, 1.54) is 25.3 Å². The van der Waals surface area contributed by atoms with Gasteiger partial charge in [-0.05, 0) is 6.07 Å². The molecule has 0 unspecified atom stereocenters. The molecule has 5 nitrogen and oxygen atoms in total. The smallest absolute Gasteiger partial charge is 0.273 e. The molecule has 6 heteroatoms. The minimum atomic E-state index is -0.661. The Hall–Kier alpha value is -1.85. The highest BCUT2D eigenvalue weighted by Gasteiger charge is 2.12. The Morgan fingerprint density at radius 2 is 2.20 bits per heavy atom. The van der Waals surface area contributed by atoms with E-state index in [4.69, 9.17) is 9.47 Å². The molecule has 0 aliphatic heterocycles. The molecule has 0 saturated heterocycles. The van der Waals surface area contributed by atoms with Gasteiger partial charge in [-0.25, -0.2) is 4.39 Å². The van der Waals surface area contributed by atoms with E-state index in [0.717, 1.165) is 0 Å². The molecule has 0 radical (unpaired) electrons. The minimum absolute atomic E-state index is 0.121. The second-order valence-electron chi connectivity index (χ2n) is 2.63. The summed E-state index contributed by atoms with van der Waals surface area (Å²) < 4.78 is 21.7. The molecule has 0 bridgehead atoms. The molecule has 1 aromatic rings. The van der Waals surface area contributed by atoms with Crippen molar-refractivity contribution in [1.29, 1.82) is 0 Å². The molecule has 0 fully saturated rings. The van der Waals surface area contributed by atoms with Crippen LogP contribution in [-0.4, -0.2) is 25.3 Å². The summed E-state index contributed by atoms with van der Waals surface area (Å²) in [4.78, 5) is 9.91. The number of benzene rings is 1. The first-order valence-corrected chi connectivity index (χ1v) is 4.20. The Kier molecular flexibility index (Phi) is 3.84. The maximum absolute atomic E-state index is 11.9. The van der Waals surface area contributed by atoms with Gasteiger partial charge in [0.1, 0.15) is 13.3 Å². The number of nitro groups is 1. The zero-order valence-electron chi connectivity index (χ0n) is 8.10. The van der Waals surface area contributed by atoms with Crippen LogP contribution in [0.2, 0.25) is 0 Å². The third kappa shape index (κ3) is 2.80. The molecule has 82 valence electrons. The minimum Gasteiger partial charge on any atom is -0.493 e. The normalized spacial score (nSPS) is 9.73. The summed E-state index contributed by atoms with van der Waals surface area (Å²) in [5.74, 6) is 0.512. The average Bonchev–Trinajstić information content (AvgIpc) is 2.25.